The van der Waals surface area contributed by atoms with Crippen LogP contribution in [0.25, 0.3) is 0 Å². The van der Waals surface area contributed by atoms with Crippen molar-refractivity contribution in [3.63, 3.8) is 0 Å². The summed E-state index contributed by atoms with van der Waals surface area (Å²) in [7, 11) is 0. The van der Waals surface area contributed by atoms with Gasteiger partial charge in [0, 0.05) is 6.42 Å². The average molecular weight is 150 g/mol. The predicted octanol–water partition coefficient (Wildman–Crippen LogP) is 2.18. The van der Waals surface area contributed by atoms with Crippen molar-refractivity contribution in [3.8, 4) is 0 Å². The van der Waals surface area contributed by atoms with E-state index in [2.05, 4.69) is 13.8 Å². The molecule has 0 radical (unpaired) electrons. The molecular formula is C10H14O. The zero-order valence-corrected chi connectivity index (χ0v) is 7.13. The molecule has 0 N–H and O–H groups in total. The van der Waals surface area contributed by atoms with Gasteiger partial charge in [-0.25, -0.2) is 0 Å². The van der Waals surface area contributed by atoms with E-state index in [0.717, 1.165) is 18.8 Å². The summed E-state index contributed by atoms with van der Waals surface area (Å²) in [6, 6.07) is 0. The largest absolute Gasteiger partial charge is 0.295 e. The van der Waals surface area contributed by atoms with E-state index in [1.165, 1.54) is 0 Å². The van der Waals surface area contributed by atoms with Gasteiger partial charge >= 0.3 is 0 Å². The van der Waals surface area contributed by atoms with E-state index < -0.39 is 0 Å². The maximum absolute atomic E-state index is 11.1. The van der Waals surface area contributed by atoms with Crippen LogP contribution in [0, 0.1) is 17.3 Å². The van der Waals surface area contributed by atoms with E-state index >= 15 is 0 Å². The smallest absolute Gasteiger partial charge is 0.155 e. The zero-order chi connectivity index (χ0) is 8.06. The highest BCUT2D eigenvalue weighted by molar-refractivity contribution is 5.90. The lowest BCUT2D eigenvalue weighted by Crippen LogP contribution is -1.98. The lowest BCUT2D eigenvalue weighted by molar-refractivity contribution is -0.115. The Morgan fingerprint density at radius 1 is 1.45 bits per heavy atom. The van der Waals surface area contributed by atoms with Gasteiger partial charge in [-0.1, -0.05) is 19.9 Å². The van der Waals surface area contributed by atoms with Crippen molar-refractivity contribution in [1.82, 2.24) is 0 Å². The predicted molar refractivity (Wildman–Crippen MR) is 44.1 cm³/mol. The highest BCUT2D eigenvalue weighted by atomic mass is 16.1. The summed E-state index contributed by atoms with van der Waals surface area (Å²) in [5.74, 6) is 1.78. The molecule has 0 aliphatic heterocycles. The normalized spacial score (nSPS) is 39.6. The topological polar surface area (TPSA) is 17.1 Å². The number of ketones is 1. The molecule has 60 valence electrons. The van der Waals surface area contributed by atoms with Gasteiger partial charge in [0.25, 0.3) is 0 Å². The van der Waals surface area contributed by atoms with E-state index in [1.54, 1.807) is 6.08 Å². The second-order valence-electron chi connectivity index (χ2n) is 4.34. The van der Waals surface area contributed by atoms with Crippen molar-refractivity contribution < 1.29 is 4.79 Å². The van der Waals surface area contributed by atoms with Crippen LogP contribution in [-0.4, -0.2) is 5.78 Å². The summed E-state index contributed by atoms with van der Waals surface area (Å²) in [5.41, 5.74) is 0.445. The summed E-state index contributed by atoms with van der Waals surface area (Å²) in [6.45, 7) is 4.55. The van der Waals surface area contributed by atoms with Gasteiger partial charge in [0.15, 0.2) is 5.78 Å². The maximum atomic E-state index is 11.1. The van der Waals surface area contributed by atoms with E-state index in [9.17, 15) is 4.79 Å². The fraction of sp³-hybridized carbons (Fsp3) is 0.700. The SMILES string of the molecule is CC1(C)[C@@H]2CC=CC(=O)C[C@@H]21. The number of fused-ring (bicyclic) bond motifs is 1. The number of hydrogen-bond donors (Lipinski definition) is 0. The molecule has 0 aromatic rings. The first-order valence-corrected chi connectivity index (χ1v) is 4.32. The molecule has 2 aliphatic rings. The summed E-state index contributed by atoms with van der Waals surface area (Å²) >= 11 is 0. The van der Waals surface area contributed by atoms with E-state index in [0.29, 0.717) is 17.1 Å². The van der Waals surface area contributed by atoms with Crippen LogP contribution in [0.2, 0.25) is 0 Å². The highest BCUT2D eigenvalue weighted by Gasteiger charge is 2.57. The molecule has 0 amide bonds. The third-order valence-corrected chi connectivity index (χ3v) is 3.40. The molecule has 11 heavy (non-hydrogen) atoms. The molecule has 0 heterocycles. The second-order valence-corrected chi connectivity index (χ2v) is 4.34. The van der Waals surface area contributed by atoms with Gasteiger partial charge in [-0.2, -0.15) is 0 Å². The van der Waals surface area contributed by atoms with Gasteiger partial charge in [-0.3, -0.25) is 4.79 Å². The first-order valence-electron chi connectivity index (χ1n) is 4.32. The van der Waals surface area contributed by atoms with Gasteiger partial charge < -0.3 is 0 Å². The number of carbonyl (C=O) groups is 1. The number of hydrogen-bond acceptors (Lipinski definition) is 1. The van der Waals surface area contributed by atoms with Gasteiger partial charge in [-0.05, 0) is 29.7 Å². The highest BCUT2D eigenvalue weighted by Crippen LogP contribution is 2.62. The van der Waals surface area contributed by atoms with E-state index in [1.807, 2.05) is 6.08 Å². The maximum Gasteiger partial charge on any atom is 0.155 e. The van der Waals surface area contributed by atoms with Gasteiger partial charge in [0.2, 0.25) is 0 Å². The molecule has 0 unspecified atom stereocenters. The number of allylic oxidation sites excluding steroid dienone is 2. The quantitative estimate of drug-likeness (QED) is 0.517. The Morgan fingerprint density at radius 2 is 2.18 bits per heavy atom. The van der Waals surface area contributed by atoms with Crippen molar-refractivity contribution in [1.29, 1.82) is 0 Å². The molecular weight excluding hydrogens is 136 g/mol. The summed E-state index contributed by atoms with van der Waals surface area (Å²) in [4.78, 5) is 11.1. The zero-order valence-electron chi connectivity index (χ0n) is 7.13. The molecule has 0 aromatic carbocycles. The number of carbonyl (C=O) groups excluding carboxylic acids is 1. The Bertz CT molecular complexity index is 225. The Hall–Kier alpha value is -0.590. The molecule has 0 bridgehead atoms. The van der Waals surface area contributed by atoms with Crippen LogP contribution >= 0.6 is 0 Å². The summed E-state index contributed by atoms with van der Waals surface area (Å²) < 4.78 is 0. The van der Waals surface area contributed by atoms with E-state index in [4.69, 9.17) is 0 Å². The van der Waals surface area contributed by atoms with Crippen LogP contribution in [0.3, 0.4) is 0 Å². The van der Waals surface area contributed by atoms with Crippen LogP contribution in [0.15, 0.2) is 12.2 Å². The molecule has 0 saturated heterocycles. The minimum Gasteiger partial charge on any atom is -0.295 e. The molecule has 1 nitrogen and oxygen atoms in total. The van der Waals surface area contributed by atoms with Gasteiger partial charge in [-0.15, -0.1) is 0 Å². The van der Waals surface area contributed by atoms with Crippen molar-refractivity contribution in [3.05, 3.63) is 12.2 Å². The fourth-order valence-electron chi connectivity index (χ4n) is 2.36. The molecule has 2 aliphatic carbocycles. The Morgan fingerprint density at radius 3 is 2.91 bits per heavy atom. The molecule has 0 aromatic heterocycles. The van der Waals surface area contributed by atoms with Crippen LogP contribution in [-0.2, 0) is 4.79 Å². The molecule has 0 spiro atoms. The molecule has 2 atom stereocenters. The summed E-state index contributed by atoms with van der Waals surface area (Å²) in [6.07, 6.45) is 5.70. The second kappa shape index (κ2) is 1.96. The Balaban J connectivity index is 2.16. The van der Waals surface area contributed by atoms with Crippen molar-refractivity contribution >= 4 is 5.78 Å². The number of rotatable bonds is 0. The Labute approximate surface area is 67.5 Å². The third kappa shape index (κ3) is 0.943. The van der Waals surface area contributed by atoms with Gasteiger partial charge in [0.1, 0.15) is 0 Å². The lowest BCUT2D eigenvalue weighted by Gasteiger charge is -2.01. The van der Waals surface area contributed by atoms with Crippen molar-refractivity contribution in [2.75, 3.05) is 0 Å². The van der Waals surface area contributed by atoms with Crippen LogP contribution in [0.1, 0.15) is 26.7 Å². The molecule has 1 heteroatoms. The minimum atomic E-state index is 0.322. The standard InChI is InChI=1S/C10H14O/c1-10(2)8-5-3-4-7(11)6-9(8)10/h3-4,8-9H,5-6H2,1-2H3/t8-,9+/m1/s1. The monoisotopic (exact) mass is 150 g/mol. The van der Waals surface area contributed by atoms with Crippen LogP contribution in [0.4, 0.5) is 0 Å². The van der Waals surface area contributed by atoms with Crippen LogP contribution in [0.5, 0.6) is 0 Å². The molecule has 1 fully saturated rings. The fourth-order valence-corrected chi connectivity index (χ4v) is 2.36. The van der Waals surface area contributed by atoms with Crippen molar-refractivity contribution in [2.45, 2.75) is 26.7 Å². The first-order chi connectivity index (χ1) is 5.12. The third-order valence-electron chi connectivity index (χ3n) is 3.40. The first kappa shape index (κ1) is 7.08. The molecule has 2 rings (SSSR count). The van der Waals surface area contributed by atoms with Crippen molar-refractivity contribution in [2.24, 2.45) is 17.3 Å². The van der Waals surface area contributed by atoms with Gasteiger partial charge in [0.05, 0.1) is 0 Å². The van der Waals surface area contributed by atoms with Crippen LogP contribution < -0.4 is 0 Å². The van der Waals surface area contributed by atoms with E-state index in [-0.39, 0.29) is 0 Å². The minimum absolute atomic E-state index is 0.322. The molecule has 1 saturated carbocycles. The average Bonchev–Trinajstić information content (AvgIpc) is 2.48. The lowest BCUT2D eigenvalue weighted by atomic mass is 10.0. The summed E-state index contributed by atoms with van der Waals surface area (Å²) in [5, 5.41) is 0. The Kier molecular flexibility index (Phi) is 1.26.